The topological polar surface area (TPSA) is 107 Å². The zero-order chi connectivity index (χ0) is 15.8. The maximum Gasteiger partial charge on any atom is 0.290 e. The van der Waals surface area contributed by atoms with Gasteiger partial charge in [0.15, 0.2) is 4.90 Å². The molecule has 0 aliphatic carbocycles. The maximum absolute atomic E-state index is 12.6. The molecule has 21 heavy (non-hydrogen) atoms. The van der Waals surface area contributed by atoms with Gasteiger partial charge in [0.2, 0.25) is 10.0 Å². The first kappa shape index (κ1) is 16.2. The molecule has 2 N–H and O–H groups in total. The highest BCUT2D eigenvalue weighted by Crippen LogP contribution is 2.32. The van der Waals surface area contributed by atoms with Crippen molar-refractivity contribution in [2.24, 2.45) is 11.7 Å². The number of nitro benzene ring substituents is 1. The highest BCUT2D eigenvalue weighted by Gasteiger charge is 2.37. The highest BCUT2D eigenvalue weighted by atomic mass is 35.5. The number of nitro groups is 1. The molecule has 0 amide bonds. The Morgan fingerprint density at radius 2 is 2.19 bits per heavy atom. The lowest BCUT2D eigenvalue weighted by Gasteiger charge is -2.18. The van der Waals surface area contributed by atoms with E-state index in [1.807, 2.05) is 6.92 Å². The van der Waals surface area contributed by atoms with E-state index < -0.39 is 20.6 Å². The van der Waals surface area contributed by atoms with E-state index >= 15 is 0 Å². The first-order valence-electron chi connectivity index (χ1n) is 6.43. The summed E-state index contributed by atoms with van der Waals surface area (Å²) in [4.78, 5) is 9.98. The van der Waals surface area contributed by atoms with Gasteiger partial charge in [0.05, 0.1) is 4.92 Å². The number of rotatable bonds is 4. The van der Waals surface area contributed by atoms with Crippen LogP contribution >= 0.6 is 11.6 Å². The van der Waals surface area contributed by atoms with Crippen LogP contribution in [0, 0.1) is 16.0 Å². The molecule has 1 heterocycles. The fourth-order valence-corrected chi connectivity index (χ4v) is 4.21. The smallest absolute Gasteiger partial charge is 0.290 e. The van der Waals surface area contributed by atoms with E-state index in [1.54, 1.807) is 0 Å². The molecule has 0 aromatic heterocycles. The van der Waals surface area contributed by atoms with Crippen LogP contribution in [-0.2, 0) is 10.0 Å². The van der Waals surface area contributed by atoms with Crippen molar-refractivity contribution < 1.29 is 13.3 Å². The van der Waals surface area contributed by atoms with Crippen LogP contribution in [0.15, 0.2) is 23.1 Å². The lowest BCUT2D eigenvalue weighted by molar-refractivity contribution is -0.387. The molecule has 7 nitrogen and oxygen atoms in total. The highest BCUT2D eigenvalue weighted by molar-refractivity contribution is 7.89. The summed E-state index contributed by atoms with van der Waals surface area (Å²) >= 11 is 5.71. The quantitative estimate of drug-likeness (QED) is 0.665. The Kier molecular flexibility index (Phi) is 4.52. The van der Waals surface area contributed by atoms with Gasteiger partial charge in [0, 0.05) is 30.2 Å². The van der Waals surface area contributed by atoms with Crippen LogP contribution in [0.2, 0.25) is 5.02 Å². The Bertz CT molecular complexity index is 662. The lowest BCUT2D eigenvalue weighted by atomic mass is 10.0. The minimum atomic E-state index is -3.92. The van der Waals surface area contributed by atoms with Gasteiger partial charge in [-0.1, -0.05) is 11.6 Å². The van der Waals surface area contributed by atoms with Crippen molar-refractivity contribution in [1.29, 1.82) is 0 Å². The van der Waals surface area contributed by atoms with Crippen LogP contribution in [0.1, 0.15) is 13.3 Å². The largest absolute Gasteiger partial charge is 0.328 e. The molecule has 0 bridgehead atoms. The molecule has 2 unspecified atom stereocenters. The summed E-state index contributed by atoms with van der Waals surface area (Å²) in [6.07, 6.45) is 0.651. The second-order valence-electron chi connectivity index (χ2n) is 5.14. The molecule has 2 rings (SSSR count). The molecular weight excluding hydrogens is 318 g/mol. The van der Waals surface area contributed by atoms with Crippen LogP contribution in [0.25, 0.3) is 0 Å². The molecule has 0 saturated carbocycles. The SMILES string of the molecule is CC(N)C1CCN(S(=O)(=O)c2ccc(Cl)cc2[N+](=O)[O-])C1. The van der Waals surface area contributed by atoms with E-state index in [4.69, 9.17) is 17.3 Å². The predicted octanol–water partition coefficient (Wildman–Crippen LogP) is 1.61. The van der Waals surface area contributed by atoms with Gasteiger partial charge in [-0.25, -0.2) is 8.42 Å². The molecule has 9 heteroatoms. The Labute approximate surface area is 127 Å². The molecular formula is C12H16ClN3O4S. The van der Waals surface area contributed by atoms with Crippen molar-refractivity contribution >= 4 is 27.3 Å². The van der Waals surface area contributed by atoms with Gasteiger partial charge in [-0.15, -0.1) is 0 Å². The van der Waals surface area contributed by atoms with Crippen molar-refractivity contribution in [1.82, 2.24) is 4.31 Å². The molecule has 1 saturated heterocycles. The third-order valence-electron chi connectivity index (χ3n) is 3.67. The second kappa shape index (κ2) is 5.88. The normalized spacial score (nSPS) is 21.4. The molecule has 0 radical (unpaired) electrons. The second-order valence-corrected chi connectivity index (χ2v) is 7.48. The fourth-order valence-electron chi connectivity index (χ4n) is 2.39. The van der Waals surface area contributed by atoms with Crippen molar-refractivity contribution in [3.63, 3.8) is 0 Å². The van der Waals surface area contributed by atoms with Gasteiger partial charge < -0.3 is 5.73 Å². The van der Waals surface area contributed by atoms with E-state index in [1.165, 1.54) is 16.4 Å². The summed E-state index contributed by atoms with van der Waals surface area (Å²) in [5.41, 5.74) is 5.29. The molecule has 116 valence electrons. The summed E-state index contributed by atoms with van der Waals surface area (Å²) < 4.78 is 26.4. The third kappa shape index (κ3) is 3.18. The number of sulfonamides is 1. The number of halogens is 1. The average molecular weight is 334 g/mol. The van der Waals surface area contributed by atoms with E-state index in [-0.39, 0.29) is 28.4 Å². The number of nitrogens with zero attached hydrogens (tertiary/aromatic N) is 2. The number of hydrogen-bond donors (Lipinski definition) is 1. The summed E-state index contributed by atoms with van der Waals surface area (Å²) in [5, 5.41) is 11.2. The predicted molar refractivity (Wildman–Crippen MR) is 78.6 cm³/mol. The zero-order valence-corrected chi connectivity index (χ0v) is 13.0. The Morgan fingerprint density at radius 1 is 1.52 bits per heavy atom. The summed E-state index contributed by atoms with van der Waals surface area (Å²) in [7, 11) is -3.92. The Morgan fingerprint density at radius 3 is 2.71 bits per heavy atom. The van der Waals surface area contributed by atoms with E-state index in [2.05, 4.69) is 0 Å². The van der Waals surface area contributed by atoms with Crippen molar-refractivity contribution in [2.75, 3.05) is 13.1 Å². The Hall–Kier alpha value is -1.22. The monoisotopic (exact) mass is 333 g/mol. The standard InChI is InChI=1S/C12H16ClN3O4S/c1-8(14)9-4-5-15(7-9)21(19,20)12-3-2-10(13)6-11(12)16(17)18/h2-3,6,8-9H,4-5,7,14H2,1H3. The van der Waals surface area contributed by atoms with Gasteiger partial charge in [0.25, 0.3) is 5.69 Å². The van der Waals surface area contributed by atoms with Gasteiger partial charge >= 0.3 is 0 Å². The van der Waals surface area contributed by atoms with Crippen LogP contribution < -0.4 is 5.73 Å². The molecule has 0 spiro atoms. The van der Waals surface area contributed by atoms with Crippen LogP contribution in [-0.4, -0.2) is 36.8 Å². The van der Waals surface area contributed by atoms with Crippen LogP contribution in [0.4, 0.5) is 5.69 Å². The van der Waals surface area contributed by atoms with Gasteiger partial charge in [0.1, 0.15) is 0 Å². The number of benzene rings is 1. The Balaban J connectivity index is 2.39. The van der Waals surface area contributed by atoms with E-state index in [0.717, 1.165) is 6.07 Å². The van der Waals surface area contributed by atoms with Crippen molar-refractivity contribution in [3.8, 4) is 0 Å². The first-order valence-corrected chi connectivity index (χ1v) is 8.25. The third-order valence-corrected chi connectivity index (χ3v) is 5.81. The van der Waals surface area contributed by atoms with Crippen molar-refractivity contribution in [3.05, 3.63) is 33.3 Å². The van der Waals surface area contributed by atoms with Gasteiger partial charge in [-0.3, -0.25) is 10.1 Å². The van der Waals surface area contributed by atoms with E-state index in [0.29, 0.717) is 13.0 Å². The van der Waals surface area contributed by atoms with Crippen LogP contribution in [0.5, 0.6) is 0 Å². The fraction of sp³-hybridized carbons (Fsp3) is 0.500. The maximum atomic E-state index is 12.6. The van der Waals surface area contributed by atoms with Gasteiger partial charge in [-0.2, -0.15) is 4.31 Å². The molecule has 1 fully saturated rings. The van der Waals surface area contributed by atoms with Crippen molar-refractivity contribution in [2.45, 2.75) is 24.3 Å². The molecule has 1 aromatic carbocycles. The summed E-state index contributed by atoms with van der Waals surface area (Å²) in [6, 6.07) is 3.44. The molecule has 2 atom stereocenters. The molecule has 1 aromatic rings. The summed E-state index contributed by atoms with van der Waals surface area (Å²) in [6.45, 7) is 2.42. The number of nitrogens with two attached hydrogens (primary N) is 1. The van der Waals surface area contributed by atoms with Crippen LogP contribution in [0.3, 0.4) is 0 Å². The lowest BCUT2D eigenvalue weighted by Crippen LogP contribution is -2.33. The molecule has 1 aliphatic heterocycles. The minimum Gasteiger partial charge on any atom is -0.328 e. The molecule has 1 aliphatic rings. The summed E-state index contributed by atoms with van der Waals surface area (Å²) in [5.74, 6) is 0.0612. The van der Waals surface area contributed by atoms with Gasteiger partial charge in [-0.05, 0) is 31.4 Å². The zero-order valence-electron chi connectivity index (χ0n) is 11.4. The first-order chi connectivity index (χ1) is 9.73. The number of hydrogen-bond acceptors (Lipinski definition) is 5. The average Bonchev–Trinajstić information content (AvgIpc) is 2.88. The minimum absolute atomic E-state index is 0.0612. The van der Waals surface area contributed by atoms with E-state index in [9.17, 15) is 18.5 Å².